The largest absolute Gasteiger partial charge is 0.379 e. The molecule has 2 heterocycles. The molecule has 2 aliphatic rings. The Morgan fingerprint density at radius 3 is 2.36 bits per heavy atom. The maximum atomic E-state index is 14.4. The zero-order valence-corrected chi connectivity index (χ0v) is 13.7. The van der Waals surface area contributed by atoms with Crippen LogP contribution in [0.15, 0.2) is 18.2 Å². The average Bonchev–Trinajstić information content (AvgIpc) is 2.56. The van der Waals surface area contributed by atoms with Gasteiger partial charge in [0.1, 0.15) is 5.82 Å². The molecule has 0 aromatic heterocycles. The lowest BCUT2D eigenvalue weighted by Gasteiger charge is -2.40. The molecule has 122 valence electrons. The van der Waals surface area contributed by atoms with E-state index in [9.17, 15) is 4.39 Å². The van der Waals surface area contributed by atoms with Crippen LogP contribution in [0.5, 0.6) is 0 Å². The SMILES string of the molecule is CC(C)c1ccc(N2CCC(N3CCOCC3)CC2)c(F)c1. The molecule has 2 aliphatic heterocycles. The Balaban J connectivity index is 1.61. The lowest BCUT2D eigenvalue weighted by Crippen LogP contribution is -2.49. The van der Waals surface area contributed by atoms with E-state index in [0.717, 1.165) is 63.5 Å². The molecule has 22 heavy (non-hydrogen) atoms. The number of nitrogens with zero attached hydrogens (tertiary/aromatic N) is 2. The van der Waals surface area contributed by atoms with Crippen molar-refractivity contribution in [3.05, 3.63) is 29.6 Å². The van der Waals surface area contributed by atoms with Gasteiger partial charge in [-0.25, -0.2) is 4.39 Å². The number of hydrogen-bond donors (Lipinski definition) is 0. The van der Waals surface area contributed by atoms with E-state index in [4.69, 9.17) is 4.74 Å². The van der Waals surface area contributed by atoms with Crippen molar-refractivity contribution in [1.82, 2.24) is 4.90 Å². The number of rotatable bonds is 3. The van der Waals surface area contributed by atoms with E-state index in [0.29, 0.717) is 12.0 Å². The highest BCUT2D eigenvalue weighted by Crippen LogP contribution is 2.28. The number of piperidine rings is 1. The molecular formula is C18H27FN2O. The first-order valence-electron chi connectivity index (χ1n) is 8.51. The summed E-state index contributed by atoms with van der Waals surface area (Å²) in [6, 6.07) is 6.36. The van der Waals surface area contributed by atoms with E-state index in [1.54, 1.807) is 6.07 Å². The van der Waals surface area contributed by atoms with Crippen molar-refractivity contribution in [3.63, 3.8) is 0 Å². The Kier molecular flexibility index (Phi) is 4.99. The predicted octanol–water partition coefficient (Wildman–Crippen LogP) is 3.25. The molecule has 3 nitrogen and oxygen atoms in total. The number of halogens is 1. The van der Waals surface area contributed by atoms with Gasteiger partial charge in [-0.15, -0.1) is 0 Å². The number of anilines is 1. The standard InChI is InChI=1S/C18H27FN2O/c1-14(2)15-3-4-18(17(19)13-15)21-7-5-16(6-8-21)20-9-11-22-12-10-20/h3-4,13-14,16H,5-12H2,1-2H3. The summed E-state index contributed by atoms with van der Waals surface area (Å²) in [6.07, 6.45) is 2.23. The van der Waals surface area contributed by atoms with Crippen LogP contribution in [-0.4, -0.2) is 50.3 Å². The average molecular weight is 306 g/mol. The van der Waals surface area contributed by atoms with Gasteiger partial charge in [0.2, 0.25) is 0 Å². The predicted molar refractivity (Wildman–Crippen MR) is 88.1 cm³/mol. The third kappa shape index (κ3) is 3.44. The van der Waals surface area contributed by atoms with Crippen LogP contribution in [0.1, 0.15) is 38.2 Å². The molecular weight excluding hydrogens is 279 g/mol. The summed E-state index contributed by atoms with van der Waals surface area (Å²) in [4.78, 5) is 4.75. The maximum absolute atomic E-state index is 14.4. The van der Waals surface area contributed by atoms with Crippen LogP contribution in [0.4, 0.5) is 10.1 Å². The van der Waals surface area contributed by atoms with Gasteiger partial charge in [-0.3, -0.25) is 4.90 Å². The summed E-state index contributed by atoms with van der Waals surface area (Å²) in [5.74, 6) is 0.298. The number of hydrogen-bond acceptors (Lipinski definition) is 3. The minimum atomic E-state index is -0.0731. The molecule has 2 saturated heterocycles. The number of morpholine rings is 1. The Morgan fingerprint density at radius 2 is 1.77 bits per heavy atom. The van der Waals surface area contributed by atoms with Gasteiger partial charge in [-0.1, -0.05) is 19.9 Å². The van der Waals surface area contributed by atoms with Crippen LogP contribution in [0.2, 0.25) is 0 Å². The van der Waals surface area contributed by atoms with Gasteiger partial charge in [0.15, 0.2) is 0 Å². The molecule has 0 unspecified atom stereocenters. The van der Waals surface area contributed by atoms with Crippen LogP contribution in [-0.2, 0) is 4.74 Å². The smallest absolute Gasteiger partial charge is 0.146 e. The Hall–Kier alpha value is -1.13. The second-order valence-electron chi connectivity index (χ2n) is 6.73. The molecule has 0 saturated carbocycles. The summed E-state index contributed by atoms with van der Waals surface area (Å²) >= 11 is 0. The molecule has 1 aromatic rings. The van der Waals surface area contributed by atoms with Gasteiger partial charge in [0, 0.05) is 32.2 Å². The fourth-order valence-electron chi connectivity index (χ4n) is 3.55. The van der Waals surface area contributed by atoms with Crippen LogP contribution in [0, 0.1) is 5.82 Å². The molecule has 3 rings (SSSR count). The minimum absolute atomic E-state index is 0.0731. The zero-order valence-electron chi connectivity index (χ0n) is 13.7. The summed E-state index contributed by atoms with van der Waals surface area (Å²) in [6.45, 7) is 9.88. The van der Waals surface area contributed by atoms with E-state index in [1.807, 2.05) is 6.07 Å². The van der Waals surface area contributed by atoms with E-state index < -0.39 is 0 Å². The third-order valence-electron chi connectivity index (χ3n) is 5.01. The molecule has 2 fully saturated rings. The zero-order chi connectivity index (χ0) is 15.5. The Morgan fingerprint density at radius 1 is 1.09 bits per heavy atom. The molecule has 0 N–H and O–H groups in total. The first-order chi connectivity index (χ1) is 10.6. The highest BCUT2D eigenvalue weighted by molar-refractivity contribution is 5.50. The van der Waals surface area contributed by atoms with Crippen molar-refractivity contribution in [2.24, 2.45) is 0 Å². The first kappa shape index (κ1) is 15.8. The Labute approximate surface area is 133 Å². The maximum Gasteiger partial charge on any atom is 0.146 e. The van der Waals surface area contributed by atoms with Crippen molar-refractivity contribution >= 4 is 5.69 Å². The summed E-state index contributed by atoms with van der Waals surface area (Å²) in [5, 5.41) is 0. The van der Waals surface area contributed by atoms with Crippen molar-refractivity contribution in [3.8, 4) is 0 Å². The van der Waals surface area contributed by atoms with Crippen molar-refractivity contribution in [1.29, 1.82) is 0 Å². The van der Waals surface area contributed by atoms with Gasteiger partial charge in [0.05, 0.1) is 18.9 Å². The second-order valence-corrected chi connectivity index (χ2v) is 6.73. The third-order valence-corrected chi connectivity index (χ3v) is 5.01. The van der Waals surface area contributed by atoms with Crippen LogP contribution < -0.4 is 4.90 Å². The quantitative estimate of drug-likeness (QED) is 0.852. The number of benzene rings is 1. The second kappa shape index (κ2) is 6.97. The molecule has 4 heteroatoms. The monoisotopic (exact) mass is 306 g/mol. The molecule has 0 aliphatic carbocycles. The fraction of sp³-hybridized carbons (Fsp3) is 0.667. The van der Waals surface area contributed by atoms with Crippen molar-refractivity contribution < 1.29 is 9.13 Å². The molecule has 0 atom stereocenters. The highest BCUT2D eigenvalue weighted by atomic mass is 19.1. The van der Waals surface area contributed by atoms with Crippen molar-refractivity contribution in [2.45, 2.75) is 38.6 Å². The molecule has 0 bridgehead atoms. The minimum Gasteiger partial charge on any atom is -0.379 e. The van der Waals surface area contributed by atoms with E-state index in [1.165, 1.54) is 0 Å². The molecule has 1 aromatic carbocycles. The van der Waals surface area contributed by atoms with Gasteiger partial charge in [-0.05, 0) is 36.5 Å². The normalized spacial score (nSPS) is 21.5. The summed E-state index contributed by atoms with van der Waals surface area (Å²) < 4.78 is 19.8. The molecule has 0 amide bonds. The lowest BCUT2D eigenvalue weighted by molar-refractivity contribution is 0.0115. The van der Waals surface area contributed by atoms with Gasteiger partial charge < -0.3 is 9.64 Å². The van der Waals surface area contributed by atoms with Crippen LogP contribution in [0.3, 0.4) is 0 Å². The van der Waals surface area contributed by atoms with E-state index in [-0.39, 0.29) is 5.82 Å². The highest BCUT2D eigenvalue weighted by Gasteiger charge is 2.26. The summed E-state index contributed by atoms with van der Waals surface area (Å²) in [5.41, 5.74) is 1.84. The lowest BCUT2D eigenvalue weighted by atomic mass is 10.00. The number of ether oxygens (including phenoxy) is 1. The van der Waals surface area contributed by atoms with Crippen LogP contribution in [0.25, 0.3) is 0 Å². The topological polar surface area (TPSA) is 15.7 Å². The van der Waals surface area contributed by atoms with Crippen molar-refractivity contribution in [2.75, 3.05) is 44.3 Å². The van der Waals surface area contributed by atoms with E-state index in [2.05, 4.69) is 29.7 Å². The fourth-order valence-corrected chi connectivity index (χ4v) is 3.55. The first-order valence-corrected chi connectivity index (χ1v) is 8.51. The van der Waals surface area contributed by atoms with Gasteiger partial charge in [-0.2, -0.15) is 0 Å². The van der Waals surface area contributed by atoms with Crippen LogP contribution >= 0.6 is 0 Å². The molecule has 0 radical (unpaired) electrons. The Bertz CT molecular complexity index is 492. The summed E-state index contributed by atoms with van der Waals surface area (Å²) in [7, 11) is 0. The molecule has 0 spiro atoms. The van der Waals surface area contributed by atoms with Gasteiger partial charge >= 0.3 is 0 Å². The van der Waals surface area contributed by atoms with Gasteiger partial charge in [0.25, 0.3) is 0 Å². The van der Waals surface area contributed by atoms with E-state index >= 15 is 0 Å².